The summed E-state index contributed by atoms with van der Waals surface area (Å²) in [7, 11) is 0. The molecule has 0 bridgehead atoms. The maximum Gasteiger partial charge on any atom is 0.147 e. The molecule has 0 aliphatic heterocycles. The maximum absolute atomic E-state index is 13.5. The highest BCUT2D eigenvalue weighted by molar-refractivity contribution is 5.30. The van der Waals surface area contributed by atoms with Gasteiger partial charge in [0, 0.05) is 18.2 Å². The highest BCUT2D eigenvalue weighted by atomic mass is 19.1. The summed E-state index contributed by atoms with van der Waals surface area (Å²) in [6.07, 6.45) is 2.18. The van der Waals surface area contributed by atoms with Crippen LogP contribution in [0.1, 0.15) is 28.4 Å². The van der Waals surface area contributed by atoms with Crippen molar-refractivity contribution in [3.05, 3.63) is 64.7 Å². The number of aliphatic hydroxyl groups is 1. The first-order valence-electron chi connectivity index (χ1n) is 5.91. The smallest absolute Gasteiger partial charge is 0.147 e. The monoisotopic (exact) mass is 245 g/mol. The number of hydrogen-bond acceptors (Lipinski definition) is 2. The van der Waals surface area contributed by atoms with Crippen molar-refractivity contribution in [2.24, 2.45) is 0 Å². The Morgan fingerprint density at radius 3 is 2.50 bits per heavy atom. The molecule has 0 spiro atoms. The summed E-state index contributed by atoms with van der Waals surface area (Å²) in [6, 6.07) is 7.61. The van der Waals surface area contributed by atoms with Gasteiger partial charge in [-0.2, -0.15) is 0 Å². The molecule has 1 heterocycles. The van der Waals surface area contributed by atoms with E-state index in [1.807, 2.05) is 26.0 Å². The molecular formula is C15H16FNO. The van der Waals surface area contributed by atoms with Gasteiger partial charge in [-0.25, -0.2) is 4.39 Å². The molecule has 3 heteroatoms. The number of nitrogens with zero attached hydrogens (tertiary/aromatic N) is 1. The number of hydrogen-bond donors (Lipinski definition) is 1. The molecule has 1 atom stereocenters. The van der Waals surface area contributed by atoms with E-state index >= 15 is 0 Å². The number of aromatic nitrogens is 1. The van der Waals surface area contributed by atoms with Gasteiger partial charge < -0.3 is 5.11 Å². The standard InChI is InChI=1S/C15H16FNO/c1-10-5-11(2)7-12(6-10)8-15(18)13-3-4-17-9-14(13)16/h3-7,9,15,18H,8H2,1-2H3. The van der Waals surface area contributed by atoms with Gasteiger partial charge in [-0.15, -0.1) is 0 Å². The van der Waals surface area contributed by atoms with Crippen LogP contribution in [0.2, 0.25) is 0 Å². The van der Waals surface area contributed by atoms with Gasteiger partial charge in [-0.3, -0.25) is 4.98 Å². The minimum Gasteiger partial charge on any atom is -0.388 e. The van der Waals surface area contributed by atoms with Crippen molar-refractivity contribution in [2.75, 3.05) is 0 Å². The van der Waals surface area contributed by atoms with Crippen LogP contribution in [-0.4, -0.2) is 10.1 Å². The van der Waals surface area contributed by atoms with Gasteiger partial charge in [0.15, 0.2) is 0 Å². The molecule has 2 rings (SSSR count). The van der Waals surface area contributed by atoms with Gasteiger partial charge in [0.2, 0.25) is 0 Å². The molecule has 2 aromatic rings. The van der Waals surface area contributed by atoms with Crippen LogP contribution in [0.5, 0.6) is 0 Å². The summed E-state index contributed by atoms with van der Waals surface area (Å²) in [4.78, 5) is 3.68. The number of rotatable bonds is 3. The molecule has 94 valence electrons. The van der Waals surface area contributed by atoms with Gasteiger partial charge in [0.05, 0.1) is 12.3 Å². The summed E-state index contributed by atoms with van der Waals surface area (Å²) in [5, 5.41) is 10.1. The lowest BCUT2D eigenvalue weighted by molar-refractivity contribution is 0.173. The van der Waals surface area contributed by atoms with Crippen molar-refractivity contribution in [1.82, 2.24) is 4.98 Å². The Bertz CT molecular complexity index is 534. The zero-order valence-electron chi connectivity index (χ0n) is 10.5. The second-order valence-corrected chi connectivity index (χ2v) is 4.61. The van der Waals surface area contributed by atoms with Crippen molar-refractivity contribution in [3.63, 3.8) is 0 Å². The Hall–Kier alpha value is -1.74. The normalized spacial score (nSPS) is 12.4. The lowest BCUT2D eigenvalue weighted by Gasteiger charge is -2.12. The SMILES string of the molecule is Cc1cc(C)cc(CC(O)c2ccncc2F)c1. The molecule has 0 aliphatic rings. The molecular weight excluding hydrogens is 229 g/mol. The first-order chi connectivity index (χ1) is 8.56. The summed E-state index contributed by atoms with van der Waals surface area (Å²) >= 11 is 0. The molecule has 0 fully saturated rings. The zero-order valence-corrected chi connectivity index (χ0v) is 10.5. The van der Waals surface area contributed by atoms with Crippen LogP contribution in [0.25, 0.3) is 0 Å². The third-order valence-corrected chi connectivity index (χ3v) is 2.87. The Balaban J connectivity index is 2.21. The molecule has 0 radical (unpaired) electrons. The molecule has 18 heavy (non-hydrogen) atoms. The quantitative estimate of drug-likeness (QED) is 0.901. The largest absolute Gasteiger partial charge is 0.388 e. The minimum absolute atomic E-state index is 0.296. The number of halogens is 1. The van der Waals surface area contributed by atoms with Crippen LogP contribution in [-0.2, 0) is 6.42 Å². The number of benzene rings is 1. The molecule has 0 saturated carbocycles. The van der Waals surface area contributed by atoms with Crippen molar-refractivity contribution in [3.8, 4) is 0 Å². The van der Waals surface area contributed by atoms with Crippen LogP contribution < -0.4 is 0 Å². The molecule has 1 unspecified atom stereocenters. The van der Waals surface area contributed by atoms with E-state index in [0.717, 1.165) is 22.9 Å². The predicted molar refractivity (Wildman–Crippen MR) is 68.8 cm³/mol. The van der Waals surface area contributed by atoms with Gasteiger partial charge in [0.25, 0.3) is 0 Å². The summed E-state index contributed by atoms with van der Waals surface area (Å²) in [6.45, 7) is 4.02. The third kappa shape index (κ3) is 2.93. The topological polar surface area (TPSA) is 33.1 Å². The lowest BCUT2D eigenvalue weighted by atomic mass is 9.99. The lowest BCUT2D eigenvalue weighted by Crippen LogP contribution is -2.05. The Kier molecular flexibility index (Phi) is 3.72. The molecule has 1 aromatic carbocycles. The second-order valence-electron chi connectivity index (χ2n) is 4.61. The van der Waals surface area contributed by atoms with Crippen LogP contribution in [0, 0.1) is 19.7 Å². The highest BCUT2D eigenvalue weighted by Crippen LogP contribution is 2.21. The van der Waals surface area contributed by atoms with E-state index in [2.05, 4.69) is 11.1 Å². The first kappa shape index (κ1) is 12.7. The summed E-state index contributed by atoms with van der Waals surface area (Å²) in [5.41, 5.74) is 3.60. The number of aryl methyl sites for hydroxylation is 2. The second kappa shape index (κ2) is 5.27. The molecule has 0 aliphatic carbocycles. The van der Waals surface area contributed by atoms with Crippen molar-refractivity contribution in [2.45, 2.75) is 26.4 Å². The van der Waals surface area contributed by atoms with Crippen LogP contribution in [0.4, 0.5) is 4.39 Å². The van der Waals surface area contributed by atoms with E-state index in [4.69, 9.17) is 0 Å². The highest BCUT2D eigenvalue weighted by Gasteiger charge is 2.13. The fraction of sp³-hybridized carbons (Fsp3) is 0.267. The Labute approximate surface area is 106 Å². The molecule has 2 nitrogen and oxygen atoms in total. The van der Waals surface area contributed by atoms with E-state index in [9.17, 15) is 9.50 Å². The van der Waals surface area contributed by atoms with Gasteiger partial charge >= 0.3 is 0 Å². The van der Waals surface area contributed by atoms with Crippen molar-refractivity contribution < 1.29 is 9.50 Å². The van der Waals surface area contributed by atoms with E-state index < -0.39 is 11.9 Å². The van der Waals surface area contributed by atoms with Crippen molar-refractivity contribution in [1.29, 1.82) is 0 Å². The summed E-state index contributed by atoms with van der Waals surface area (Å²) < 4.78 is 13.5. The van der Waals surface area contributed by atoms with Crippen LogP contribution in [0.3, 0.4) is 0 Å². The maximum atomic E-state index is 13.5. The van der Waals surface area contributed by atoms with E-state index in [-0.39, 0.29) is 0 Å². The third-order valence-electron chi connectivity index (χ3n) is 2.87. The fourth-order valence-corrected chi connectivity index (χ4v) is 2.18. The van der Waals surface area contributed by atoms with E-state index in [0.29, 0.717) is 12.0 Å². The molecule has 0 saturated heterocycles. The Morgan fingerprint density at radius 1 is 1.22 bits per heavy atom. The predicted octanol–water partition coefficient (Wildman–Crippen LogP) is 3.11. The van der Waals surface area contributed by atoms with Gasteiger partial charge in [0.1, 0.15) is 5.82 Å². The average Bonchev–Trinajstić information content (AvgIpc) is 2.27. The zero-order chi connectivity index (χ0) is 13.1. The van der Waals surface area contributed by atoms with E-state index in [1.165, 1.54) is 12.3 Å². The van der Waals surface area contributed by atoms with Gasteiger partial charge in [-0.05, 0) is 25.5 Å². The van der Waals surface area contributed by atoms with Crippen molar-refractivity contribution >= 4 is 0 Å². The van der Waals surface area contributed by atoms with Crippen LogP contribution in [0.15, 0.2) is 36.7 Å². The molecule has 1 aromatic heterocycles. The van der Waals surface area contributed by atoms with E-state index in [1.54, 1.807) is 0 Å². The molecule has 1 N–H and O–H groups in total. The first-order valence-corrected chi connectivity index (χ1v) is 5.91. The Morgan fingerprint density at radius 2 is 1.89 bits per heavy atom. The number of aliphatic hydroxyl groups excluding tert-OH is 1. The fourth-order valence-electron chi connectivity index (χ4n) is 2.18. The average molecular weight is 245 g/mol. The van der Waals surface area contributed by atoms with Crippen LogP contribution >= 0.6 is 0 Å². The number of pyridine rings is 1. The minimum atomic E-state index is -0.839. The van der Waals surface area contributed by atoms with Gasteiger partial charge in [-0.1, -0.05) is 29.3 Å². The molecule has 0 amide bonds. The summed E-state index contributed by atoms with van der Waals surface area (Å²) in [5.74, 6) is -0.464.